The maximum Gasteiger partial charge on any atom is 0.328 e. The number of aliphatic hydroxyl groups excluding tert-OH is 1. The highest BCUT2D eigenvalue weighted by molar-refractivity contribution is 7.12. The molecule has 0 saturated carbocycles. The SMILES string of the molecule is CC(C)N(CCCO)C(=O)c1sccc1C=CC(=O)O. The minimum Gasteiger partial charge on any atom is -0.478 e. The Kier molecular flexibility index (Phi) is 6.41. The summed E-state index contributed by atoms with van der Waals surface area (Å²) in [6.07, 6.45) is 2.97. The van der Waals surface area contributed by atoms with Gasteiger partial charge in [-0.15, -0.1) is 11.3 Å². The van der Waals surface area contributed by atoms with E-state index >= 15 is 0 Å². The molecule has 0 saturated heterocycles. The number of nitrogens with zero attached hydrogens (tertiary/aromatic N) is 1. The van der Waals surface area contributed by atoms with Gasteiger partial charge in [0.25, 0.3) is 5.91 Å². The van der Waals surface area contributed by atoms with Crippen LogP contribution < -0.4 is 0 Å². The van der Waals surface area contributed by atoms with Crippen LogP contribution in [0.2, 0.25) is 0 Å². The Hall–Kier alpha value is -1.66. The number of amides is 1. The third kappa shape index (κ3) is 4.47. The highest BCUT2D eigenvalue weighted by atomic mass is 32.1. The Balaban J connectivity index is 2.95. The molecule has 0 aliphatic heterocycles. The second-order valence-corrected chi connectivity index (χ2v) is 5.46. The van der Waals surface area contributed by atoms with Gasteiger partial charge in [0.05, 0.1) is 4.88 Å². The summed E-state index contributed by atoms with van der Waals surface area (Å²) in [6.45, 7) is 4.34. The topological polar surface area (TPSA) is 77.8 Å². The molecular weight excluding hydrogens is 278 g/mol. The molecule has 1 aromatic heterocycles. The van der Waals surface area contributed by atoms with E-state index in [9.17, 15) is 9.59 Å². The molecule has 1 heterocycles. The molecule has 2 N–H and O–H groups in total. The van der Waals surface area contributed by atoms with Crippen molar-refractivity contribution in [3.8, 4) is 0 Å². The minimum absolute atomic E-state index is 0.0208. The molecule has 0 unspecified atom stereocenters. The number of aliphatic hydroxyl groups is 1. The fourth-order valence-electron chi connectivity index (χ4n) is 1.75. The van der Waals surface area contributed by atoms with E-state index in [1.807, 2.05) is 13.8 Å². The van der Waals surface area contributed by atoms with Crippen molar-refractivity contribution >= 4 is 29.3 Å². The van der Waals surface area contributed by atoms with Gasteiger partial charge in [0.2, 0.25) is 0 Å². The zero-order valence-electron chi connectivity index (χ0n) is 11.6. The summed E-state index contributed by atoms with van der Waals surface area (Å²) in [5, 5.41) is 19.3. The maximum atomic E-state index is 12.5. The van der Waals surface area contributed by atoms with Gasteiger partial charge in [0.1, 0.15) is 0 Å². The van der Waals surface area contributed by atoms with E-state index in [2.05, 4.69) is 0 Å². The Morgan fingerprint density at radius 2 is 2.15 bits per heavy atom. The van der Waals surface area contributed by atoms with Gasteiger partial charge in [-0.25, -0.2) is 4.79 Å². The summed E-state index contributed by atoms with van der Waals surface area (Å²) in [6, 6.07) is 1.74. The molecular formula is C14H19NO4S. The lowest BCUT2D eigenvalue weighted by atomic mass is 10.2. The summed E-state index contributed by atoms with van der Waals surface area (Å²) in [5.41, 5.74) is 0.608. The van der Waals surface area contributed by atoms with Crippen LogP contribution >= 0.6 is 11.3 Å². The van der Waals surface area contributed by atoms with E-state index in [4.69, 9.17) is 10.2 Å². The van der Waals surface area contributed by atoms with Gasteiger partial charge in [-0.3, -0.25) is 4.79 Å². The Morgan fingerprint density at radius 1 is 1.45 bits per heavy atom. The van der Waals surface area contributed by atoms with Crippen LogP contribution in [0.15, 0.2) is 17.5 Å². The van der Waals surface area contributed by atoms with E-state index in [1.54, 1.807) is 16.3 Å². The summed E-state index contributed by atoms with van der Waals surface area (Å²) in [4.78, 5) is 25.2. The molecule has 0 aliphatic rings. The number of rotatable bonds is 7. The van der Waals surface area contributed by atoms with E-state index in [-0.39, 0.29) is 18.6 Å². The Labute approximate surface area is 122 Å². The fourth-order valence-corrected chi connectivity index (χ4v) is 2.59. The van der Waals surface area contributed by atoms with Crippen LogP contribution in [0.5, 0.6) is 0 Å². The van der Waals surface area contributed by atoms with Crippen molar-refractivity contribution in [2.24, 2.45) is 0 Å². The molecule has 0 spiro atoms. The van der Waals surface area contributed by atoms with Gasteiger partial charge in [0, 0.05) is 25.3 Å². The quantitative estimate of drug-likeness (QED) is 0.755. The van der Waals surface area contributed by atoms with Crippen LogP contribution in [0, 0.1) is 0 Å². The number of carboxylic acids is 1. The third-order valence-electron chi connectivity index (χ3n) is 2.74. The minimum atomic E-state index is -1.05. The van der Waals surface area contributed by atoms with Crippen LogP contribution in [0.25, 0.3) is 6.08 Å². The lowest BCUT2D eigenvalue weighted by Crippen LogP contribution is -2.37. The molecule has 6 heteroatoms. The summed E-state index contributed by atoms with van der Waals surface area (Å²) < 4.78 is 0. The normalized spacial score (nSPS) is 11.2. The predicted octanol–water partition coefficient (Wildman–Crippen LogP) is 2.08. The van der Waals surface area contributed by atoms with Crippen molar-refractivity contribution in [2.75, 3.05) is 13.2 Å². The Morgan fingerprint density at radius 3 is 2.70 bits per heavy atom. The second kappa shape index (κ2) is 7.81. The van der Waals surface area contributed by atoms with Crippen LogP contribution in [-0.4, -0.2) is 46.2 Å². The molecule has 0 bridgehead atoms. The number of hydrogen-bond donors (Lipinski definition) is 2. The summed E-state index contributed by atoms with van der Waals surface area (Å²) >= 11 is 1.29. The molecule has 1 aromatic rings. The predicted molar refractivity (Wildman–Crippen MR) is 78.9 cm³/mol. The van der Waals surface area contributed by atoms with Crippen LogP contribution in [0.4, 0.5) is 0 Å². The smallest absolute Gasteiger partial charge is 0.328 e. The summed E-state index contributed by atoms with van der Waals surface area (Å²) in [5.74, 6) is -1.18. The molecule has 1 amide bonds. The van der Waals surface area contributed by atoms with E-state index in [0.717, 1.165) is 6.08 Å². The second-order valence-electron chi connectivity index (χ2n) is 4.55. The zero-order chi connectivity index (χ0) is 15.1. The molecule has 5 nitrogen and oxygen atoms in total. The van der Waals surface area contributed by atoms with Gasteiger partial charge < -0.3 is 15.1 Å². The number of carboxylic acid groups (broad SMARTS) is 1. The molecule has 110 valence electrons. The van der Waals surface area contributed by atoms with Crippen molar-refractivity contribution in [3.05, 3.63) is 28.0 Å². The molecule has 0 radical (unpaired) electrons. The van der Waals surface area contributed by atoms with Gasteiger partial charge >= 0.3 is 5.97 Å². The van der Waals surface area contributed by atoms with Crippen molar-refractivity contribution < 1.29 is 19.8 Å². The zero-order valence-corrected chi connectivity index (χ0v) is 12.4. The first-order chi connectivity index (χ1) is 9.47. The molecule has 0 fully saturated rings. The van der Waals surface area contributed by atoms with E-state index in [0.29, 0.717) is 23.4 Å². The van der Waals surface area contributed by atoms with Crippen LogP contribution in [-0.2, 0) is 4.79 Å². The lowest BCUT2D eigenvalue weighted by Gasteiger charge is -2.26. The highest BCUT2D eigenvalue weighted by Gasteiger charge is 2.21. The van der Waals surface area contributed by atoms with Gasteiger partial charge in [-0.05, 0) is 43.4 Å². The maximum absolute atomic E-state index is 12.5. The summed E-state index contributed by atoms with van der Waals surface area (Å²) in [7, 11) is 0. The average molecular weight is 297 g/mol. The first-order valence-corrected chi connectivity index (χ1v) is 7.25. The van der Waals surface area contributed by atoms with Gasteiger partial charge in [-0.2, -0.15) is 0 Å². The third-order valence-corrected chi connectivity index (χ3v) is 3.65. The highest BCUT2D eigenvalue weighted by Crippen LogP contribution is 2.21. The Bertz CT molecular complexity index is 493. The molecule has 0 aromatic carbocycles. The largest absolute Gasteiger partial charge is 0.478 e. The van der Waals surface area contributed by atoms with E-state index < -0.39 is 5.97 Å². The first-order valence-electron chi connectivity index (χ1n) is 6.37. The number of thiophene rings is 1. The first kappa shape index (κ1) is 16.4. The van der Waals surface area contributed by atoms with Crippen molar-refractivity contribution in [1.82, 2.24) is 4.90 Å². The van der Waals surface area contributed by atoms with E-state index in [1.165, 1.54) is 17.4 Å². The molecule has 20 heavy (non-hydrogen) atoms. The number of aliphatic carboxylic acids is 1. The monoisotopic (exact) mass is 297 g/mol. The van der Waals surface area contributed by atoms with Crippen LogP contribution in [0.1, 0.15) is 35.5 Å². The molecule has 0 aliphatic carbocycles. The van der Waals surface area contributed by atoms with Gasteiger partial charge in [-0.1, -0.05) is 0 Å². The van der Waals surface area contributed by atoms with Crippen molar-refractivity contribution in [2.45, 2.75) is 26.3 Å². The standard InChI is InChI=1S/C14H19NO4S/c1-10(2)15(7-3-8-16)14(19)13-11(6-9-20-13)4-5-12(17)18/h4-6,9-10,16H,3,7-8H2,1-2H3,(H,17,18). The number of hydrogen-bond acceptors (Lipinski definition) is 4. The number of carbonyl (C=O) groups is 2. The lowest BCUT2D eigenvalue weighted by molar-refractivity contribution is -0.131. The van der Waals surface area contributed by atoms with Crippen molar-refractivity contribution in [3.63, 3.8) is 0 Å². The molecule has 1 rings (SSSR count). The fraction of sp³-hybridized carbons (Fsp3) is 0.429. The average Bonchev–Trinajstić information content (AvgIpc) is 2.84. The number of carbonyl (C=O) groups excluding carboxylic acids is 1. The van der Waals surface area contributed by atoms with Crippen molar-refractivity contribution in [1.29, 1.82) is 0 Å². The van der Waals surface area contributed by atoms with Crippen LogP contribution in [0.3, 0.4) is 0 Å². The molecule has 0 atom stereocenters. The van der Waals surface area contributed by atoms with Gasteiger partial charge in [0.15, 0.2) is 0 Å².